The fourth-order valence-corrected chi connectivity index (χ4v) is 11.6. The van der Waals surface area contributed by atoms with Crippen molar-refractivity contribution in [1.82, 2.24) is 9.80 Å². The Hall–Kier alpha value is -3.45. The van der Waals surface area contributed by atoms with Crippen LogP contribution in [0.4, 0.5) is 0 Å². The van der Waals surface area contributed by atoms with E-state index in [0.29, 0.717) is 72.9 Å². The maximum Gasteiger partial charge on any atom is 0.193 e. The highest BCUT2D eigenvalue weighted by Crippen LogP contribution is 2.67. The lowest BCUT2D eigenvalue weighted by molar-refractivity contribution is -0.151. The third-order valence-electron chi connectivity index (χ3n) is 13.7. The van der Waals surface area contributed by atoms with E-state index in [-0.39, 0.29) is 17.9 Å². The number of methoxy groups -OCH3 is 2. The number of aliphatic hydroxyl groups excluding tert-OH is 2. The summed E-state index contributed by atoms with van der Waals surface area (Å²) in [6.07, 6.45) is 5.26. The lowest BCUT2D eigenvalue weighted by Gasteiger charge is -2.61. The van der Waals surface area contributed by atoms with E-state index < -0.39 is 46.4 Å². The van der Waals surface area contributed by atoms with Crippen LogP contribution in [0.25, 0.3) is 0 Å². The largest absolute Gasteiger partial charge is 0.493 e. The molecule has 2 fully saturated rings. The molecule has 48 heavy (non-hydrogen) atoms. The van der Waals surface area contributed by atoms with E-state index in [2.05, 4.69) is 9.80 Å². The Bertz CT molecular complexity index is 1780. The monoisotopic (exact) mass is 656 g/mol. The van der Waals surface area contributed by atoms with Crippen molar-refractivity contribution in [1.29, 1.82) is 0 Å². The van der Waals surface area contributed by atoms with Gasteiger partial charge in [-0.25, -0.2) is 0 Å². The summed E-state index contributed by atoms with van der Waals surface area (Å²) in [4.78, 5) is 19.6. The van der Waals surface area contributed by atoms with Crippen LogP contribution in [0.15, 0.2) is 36.4 Å². The van der Waals surface area contributed by atoms with Gasteiger partial charge in [0.2, 0.25) is 0 Å². The van der Waals surface area contributed by atoms with Gasteiger partial charge in [0, 0.05) is 34.3 Å². The van der Waals surface area contributed by atoms with E-state index in [1.807, 2.05) is 14.1 Å². The maximum absolute atomic E-state index is 15.3. The number of hydrogen-bond acceptors (Lipinski definition) is 11. The molecule has 2 aromatic rings. The van der Waals surface area contributed by atoms with E-state index in [1.54, 1.807) is 36.4 Å². The van der Waals surface area contributed by atoms with E-state index >= 15 is 4.79 Å². The van der Waals surface area contributed by atoms with Crippen LogP contribution in [0.5, 0.6) is 23.0 Å². The minimum atomic E-state index is -1.31. The number of likely N-dealkylation sites (tertiary alicyclic amines) is 2. The molecular formula is C37H40N2O9. The molecule has 0 amide bonds. The summed E-state index contributed by atoms with van der Waals surface area (Å²) in [5, 5.41) is 47.5. The van der Waals surface area contributed by atoms with Gasteiger partial charge in [-0.05, 0) is 76.1 Å². The van der Waals surface area contributed by atoms with Gasteiger partial charge in [-0.15, -0.1) is 0 Å². The number of aliphatic hydroxyl groups is 4. The van der Waals surface area contributed by atoms with Gasteiger partial charge in [0.05, 0.1) is 25.0 Å². The van der Waals surface area contributed by atoms with Crippen LogP contribution >= 0.6 is 0 Å². The molecule has 11 nitrogen and oxygen atoms in total. The quantitative estimate of drug-likeness (QED) is 0.274. The van der Waals surface area contributed by atoms with Crippen LogP contribution in [0.1, 0.15) is 51.0 Å². The number of carbonyl (C=O) groups excluding carboxylic acids is 1. The summed E-state index contributed by atoms with van der Waals surface area (Å²) in [5.41, 5.74) is -0.560. The summed E-state index contributed by atoms with van der Waals surface area (Å²) in [6, 6.07) is 2.79. The zero-order chi connectivity index (χ0) is 33.3. The summed E-state index contributed by atoms with van der Waals surface area (Å²) < 4.78 is 24.8. The smallest absolute Gasteiger partial charge is 0.193 e. The molecule has 2 aromatic carbocycles. The van der Waals surface area contributed by atoms with Crippen LogP contribution in [-0.2, 0) is 23.7 Å². The Labute approximate surface area is 277 Å². The van der Waals surface area contributed by atoms with Crippen LogP contribution in [-0.4, -0.2) is 125 Å². The predicted octanol–water partition coefficient (Wildman–Crippen LogP) is 0.776. The van der Waals surface area contributed by atoms with E-state index in [9.17, 15) is 20.4 Å². The number of nitrogens with zero attached hydrogens (tertiary/aromatic N) is 2. The fraction of sp³-hybridized carbons (Fsp3) is 0.541. The van der Waals surface area contributed by atoms with Crippen molar-refractivity contribution in [2.75, 3.05) is 41.4 Å². The van der Waals surface area contributed by atoms with Crippen LogP contribution in [0.3, 0.4) is 0 Å². The second-order valence-corrected chi connectivity index (χ2v) is 15.2. The average molecular weight is 657 g/mol. The number of ketones is 1. The average Bonchev–Trinajstić information content (AvgIpc) is 3.62. The number of carbonyl (C=O) groups is 1. The van der Waals surface area contributed by atoms with E-state index in [0.717, 1.165) is 22.3 Å². The fourth-order valence-electron chi connectivity index (χ4n) is 11.6. The molecule has 2 saturated heterocycles. The summed E-state index contributed by atoms with van der Waals surface area (Å²) >= 11 is 0. The third-order valence-corrected chi connectivity index (χ3v) is 13.7. The summed E-state index contributed by atoms with van der Waals surface area (Å²) in [5.74, 6) is 1.49. The Morgan fingerprint density at radius 2 is 1.19 bits per heavy atom. The Kier molecular flexibility index (Phi) is 5.53. The molecule has 0 radical (unpaired) electrons. The van der Waals surface area contributed by atoms with Gasteiger partial charge in [-0.2, -0.15) is 0 Å². The predicted molar refractivity (Wildman–Crippen MR) is 171 cm³/mol. The first kappa shape index (κ1) is 29.5. The van der Waals surface area contributed by atoms with Gasteiger partial charge in [0.25, 0.3) is 0 Å². The van der Waals surface area contributed by atoms with Crippen molar-refractivity contribution >= 4 is 5.78 Å². The molecule has 4 bridgehead atoms. The first-order chi connectivity index (χ1) is 23.0. The molecule has 11 heteroatoms. The van der Waals surface area contributed by atoms with E-state index in [1.165, 1.54) is 14.2 Å². The Morgan fingerprint density at radius 3 is 1.58 bits per heavy atom. The molecule has 8 aliphatic rings. The molecule has 0 aromatic heterocycles. The number of likely N-dealkylation sites (N-methyl/N-ethyl adjacent to an activating group) is 2. The highest BCUT2D eigenvalue weighted by Gasteiger charge is 2.73. The molecule has 0 saturated carbocycles. The van der Waals surface area contributed by atoms with Gasteiger partial charge < -0.3 is 39.4 Å². The molecule has 10 atom stereocenters. The molecule has 10 rings (SSSR count). The Balaban J connectivity index is 1.23. The van der Waals surface area contributed by atoms with Gasteiger partial charge in [0.15, 0.2) is 28.8 Å². The molecule has 2 spiro atoms. The lowest BCUT2D eigenvalue weighted by Crippen LogP contribution is -2.75. The lowest BCUT2D eigenvalue weighted by atomic mass is 9.50. The number of piperidine rings is 2. The summed E-state index contributed by atoms with van der Waals surface area (Å²) in [6.45, 7) is 1.39. The number of benzene rings is 2. The molecule has 4 aliphatic carbocycles. The van der Waals surface area contributed by atoms with Crippen molar-refractivity contribution in [2.45, 2.75) is 84.2 Å². The topological polar surface area (TPSA) is 141 Å². The highest BCUT2D eigenvalue weighted by atomic mass is 16.5. The molecule has 252 valence electrons. The maximum atomic E-state index is 15.3. The van der Waals surface area contributed by atoms with Crippen molar-refractivity contribution in [2.24, 2.45) is 0 Å². The zero-order valence-corrected chi connectivity index (χ0v) is 27.4. The van der Waals surface area contributed by atoms with Crippen molar-refractivity contribution < 1.29 is 44.2 Å². The van der Waals surface area contributed by atoms with Gasteiger partial charge in [-0.3, -0.25) is 14.6 Å². The van der Waals surface area contributed by atoms with Crippen LogP contribution in [0, 0.1) is 0 Å². The van der Waals surface area contributed by atoms with Crippen molar-refractivity contribution in [3.05, 3.63) is 69.8 Å². The van der Waals surface area contributed by atoms with Crippen molar-refractivity contribution in [3.8, 4) is 23.0 Å². The Morgan fingerprint density at radius 1 is 0.771 bits per heavy atom. The summed E-state index contributed by atoms with van der Waals surface area (Å²) in [7, 11) is 7.06. The number of hydrogen-bond donors (Lipinski definition) is 4. The van der Waals surface area contributed by atoms with Gasteiger partial charge in [-0.1, -0.05) is 24.3 Å². The number of ether oxygens (including phenoxy) is 4. The normalized spacial score (nSPS) is 42.1. The van der Waals surface area contributed by atoms with Gasteiger partial charge in [0.1, 0.15) is 35.6 Å². The van der Waals surface area contributed by atoms with Gasteiger partial charge >= 0.3 is 0 Å². The molecule has 4 N–H and O–H groups in total. The third kappa shape index (κ3) is 2.92. The van der Waals surface area contributed by atoms with Crippen molar-refractivity contribution in [3.63, 3.8) is 0 Å². The second kappa shape index (κ2) is 9.01. The highest BCUT2D eigenvalue weighted by molar-refractivity contribution is 6.12. The zero-order valence-electron chi connectivity index (χ0n) is 27.4. The molecule has 4 aliphatic heterocycles. The molecule has 4 heterocycles. The SMILES string of the molecule is COc1cc(C(=O)c2cc(OC)c3c4c2C[C@H]2N(C)CC[C@@]45[C@@H](O3)[C@@H](O)C=C[C@@]25O)c2c3c1O[C@H]1[C@@H](O)C=C[C@@]4(O)[C@@H](C2)N(C)CC[C@]314. The van der Waals surface area contributed by atoms with E-state index in [4.69, 9.17) is 18.9 Å². The number of rotatable bonds is 4. The minimum Gasteiger partial charge on any atom is -0.493 e. The van der Waals surface area contributed by atoms with Crippen LogP contribution in [0.2, 0.25) is 0 Å². The van der Waals surface area contributed by atoms with Crippen LogP contribution < -0.4 is 18.9 Å². The second-order valence-electron chi connectivity index (χ2n) is 15.2. The first-order valence-electron chi connectivity index (χ1n) is 16.9. The minimum absolute atomic E-state index is 0.224. The first-order valence-corrected chi connectivity index (χ1v) is 16.9. The standard InChI is InChI=1S/C37H40N2O9/c1-38-11-9-34-27-17-15-25(38)36(34,43)7-5-21(40)32(34)47-30(27)23(45-3)13-19(17)29(42)20-14-24(46-4)31-28-18(20)16-26-37(44)8-6-22(41)33(48-31)35(28,37)10-12-39(26)2/h5-8,13-14,21-22,25-26,32-33,40-41,43-44H,9-12,15-16H2,1-4H3/t21-,22-,25+,26+,32-,33-,34-,35-,36+,37+/m0/s1. The molecule has 0 unspecified atom stereocenters. The molecular weight excluding hydrogens is 616 g/mol.